The molecule has 0 radical (unpaired) electrons. The van der Waals surface area contributed by atoms with Crippen LogP contribution < -0.4 is 5.43 Å². The Kier molecular flexibility index (Phi) is 7.98. The Morgan fingerprint density at radius 2 is 2.17 bits per heavy atom. The van der Waals surface area contributed by atoms with Crippen LogP contribution in [0.25, 0.3) is 0 Å². The van der Waals surface area contributed by atoms with E-state index in [4.69, 9.17) is 15.9 Å². The molecular weight excluding hydrogens is 240 g/mol. The first-order valence-electron chi connectivity index (χ1n) is 5.16. The molecule has 0 heterocycles. The van der Waals surface area contributed by atoms with Gasteiger partial charge in [-0.15, -0.1) is 6.42 Å². The van der Waals surface area contributed by atoms with Gasteiger partial charge in [0.1, 0.15) is 6.61 Å². The van der Waals surface area contributed by atoms with Gasteiger partial charge in [0, 0.05) is 0 Å². The third-order valence-electron chi connectivity index (χ3n) is 1.72. The number of methoxy groups -OCH3 is 1. The van der Waals surface area contributed by atoms with E-state index in [0.717, 1.165) is 0 Å². The van der Waals surface area contributed by atoms with Gasteiger partial charge in [-0.05, 0) is 13.8 Å². The number of carbonyl (C=O) groups excluding carboxylic acids is 2. The third kappa shape index (κ3) is 5.86. The van der Waals surface area contributed by atoms with E-state index in [-0.39, 0.29) is 18.9 Å². The number of carbonyl (C=O) groups is 2. The van der Waals surface area contributed by atoms with Gasteiger partial charge in [0.05, 0.1) is 19.4 Å². The fourth-order valence-corrected chi connectivity index (χ4v) is 0.947. The molecule has 0 aliphatic carbocycles. The van der Waals surface area contributed by atoms with Crippen molar-refractivity contribution in [3.05, 3.63) is 0 Å². The van der Waals surface area contributed by atoms with E-state index >= 15 is 0 Å². The van der Waals surface area contributed by atoms with Gasteiger partial charge in [-0.2, -0.15) is 5.10 Å². The number of rotatable bonds is 6. The molecular formula is C11H16N2O5. The lowest BCUT2D eigenvalue weighted by atomic mass is 10.2. The lowest BCUT2D eigenvalue weighted by Gasteiger charge is -2.14. The summed E-state index contributed by atoms with van der Waals surface area (Å²) in [5.41, 5.74) is 2.28. The number of nitrogens with zero attached hydrogens (tertiary/aromatic N) is 1. The highest BCUT2D eigenvalue weighted by Crippen LogP contribution is 1.99. The molecule has 100 valence electrons. The number of ether oxygens (including phenoxy) is 3. The molecule has 0 spiro atoms. The zero-order chi connectivity index (χ0) is 14.0. The summed E-state index contributed by atoms with van der Waals surface area (Å²) >= 11 is 0. The maximum Gasteiger partial charge on any atom is 0.427 e. The standard InChI is InChI=1S/C11H16N2O5/c1-5-7-18-9(10(14)17-6-2)8(3)12-13-11(15)16-4/h1,9H,6-7H2,2-4H3,(H,13,15)/b12-8+. The van der Waals surface area contributed by atoms with E-state index in [1.165, 1.54) is 14.0 Å². The van der Waals surface area contributed by atoms with Crippen LogP contribution >= 0.6 is 0 Å². The molecule has 0 aromatic heterocycles. The number of hydrazone groups is 1. The van der Waals surface area contributed by atoms with E-state index in [9.17, 15) is 9.59 Å². The summed E-state index contributed by atoms with van der Waals surface area (Å²) in [6.45, 7) is 3.28. The summed E-state index contributed by atoms with van der Waals surface area (Å²) in [5.74, 6) is 1.60. The molecule has 1 unspecified atom stereocenters. The molecule has 18 heavy (non-hydrogen) atoms. The number of terminal acetylenes is 1. The summed E-state index contributed by atoms with van der Waals surface area (Å²) in [4.78, 5) is 22.4. The Hall–Kier alpha value is -2.07. The highest BCUT2D eigenvalue weighted by molar-refractivity contribution is 6.04. The summed E-state index contributed by atoms with van der Waals surface area (Å²) < 4.78 is 14.2. The fraction of sp³-hybridized carbons (Fsp3) is 0.545. The Bertz CT molecular complexity index is 359. The molecule has 0 saturated carbocycles. The Morgan fingerprint density at radius 3 is 2.67 bits per heavy atom. The molecule has 1 amide bonds. The molecule has 1 atom stereocenters. The van der Waals surface area contributed by atoms with Gasteiger partial charge in [-0.25, -0.2) is 15.0 Å². The van der Waals surface area contributed by atoms with Gasteiger partial charge < -0.3 is 14.2 Å². The highest BCUT2D eigenvalue weighted by atomic mass is 16.6. The van der Waals surface area contributed by atoms with Crippen molar-refractivity contribution >= 4 is 17.8 Å². The van der Waals surface area contributed by atoms with Gasteiger partial charge in [0.25, 0.3) is 0 Å². The largest absolute Gasteiger partial charge is 0.464 e. The second-order valence-corrected chi connectivity index (χ2v) is 3.00. The van der Waals surface area contributed by atoms with Crippen molar-refractivity contribution in [3.63, 3.8) is 0 Å². The predicted octanol–water partition coefficient (Wildman–Crippen LogP) is 0.300. The van der Waals surface area contributed by atoms with E-state index in [2.05, 4.69) is 21.2 Å². The van der Waals surface area contributed by atoms with Crippen LogP contribution in [0.4, 0.5) is 4.79 Å². The summed E-state index contributed by atoms with van der Waals surface area (Å²) in [6, 6.07) is 0. The van der Waals surface area contributed by atoms with Crippen LogP contribution in [-0.2, 0) is 19.0 Å². The monoisotopic (exact) mass is 256 g/mol. The van der Waals surface area contributed by atoms with Crippen LogP contribution in [0.3, 0.4) is 0 Å². The van der Waals surface area contributed by atoms with E-state index in [1.807, 2.05) is 0 Å². The second-order valence-electron chi connectivity index (χ2n) is 3.00. The molecule has 1 N–H and O–H groups in total. The molecule has 0 fully saturated rings. The van der Waals surface area contributed by atoms with Crippen molar-refractivity contribution < 1.29 is 23.8 Å². The quantitative estimate of drug-likeness (QED) is 0.320. The van der Waals surface area contributed by atoms with Crippen LogP contribution in [-0.4, -0.2) is 44.2 Å². The third-order valence-corrected chi connectivity index (χ3v) is 1.72. The van der Waals surface area contributed by atoms with Crippen molar-refractivity contribution in [1.29, 1.82) is 0 Å². The summed E-state index contributed by atoms with van der Waals surface area (Å²) in [5, 5.41) is 3.65. The molecule has 0 rings (SSSR count). The first kappa shape index (κ1) is 15.9. The molecule has 7 nitrogen and oxygen atoms in total. The second kappa shape index (κ2) is 9.01. The van der Waals surface area contributed by atoms with Crippen molar-refractivity contribution in [2.45, 2.75) is 20.0 Å². The predicted molar refractivity (Wildman–Crippen MR) is 63.9 cm³/mol. The lowest BCUT2D eigenvalue weighted by Crippen LogP contribution is -2.35. The van der Waals surface area contributed by atoms with Gasteiger partial charge in [-0.1, -0.05) is 5.92 Å². The van der Waals surface area contributed by atoms with Crippen molar-refractivity contribution in [2.24, 2.45) is 5.10 Å². The minimum atomic E-state index is -1.06. The van der Waals surface area contributed by atoms with Crippen LogP contribution in [0.1, 0.15) is 13.8 Å². The topological polar surface area (TPSA) is 86.2 Å². The SMILES string of the molecule is C#CCOC(C(=O)OCC)/C(C)=N/NC(=O)OC. The molecule has 0 aromatic rings. The van der Waals surface area contributed by atoms with Gasteiger partial charge >= 0.3 is 12.1 Å². The Morgan fingerprint density at radius 1 is 1.50 bits per heavy atom. The Labute approximate surface area is 105 Å². The number of hydrogen-bond donors (Lipinski definition) is 1. The van der Waals surface area contributed by atoms with Crippen LogP contribution in [0.2, 0.25) is 0 Å². The summed E-state index contributed by atoms with van der Waals surface area (Å²) in [6.07, 6.45) is 3.23. The first-order chi connectivity index (χ1) is 8.56. The van der Waals surface area contributed by atoms with Gasteiger partial charge in [-0.3, -0.25) is 0 Å². The summed E-state index contributed by atoms with van der Waals surface area (Å²) in [7, 11) is 1.19. The van der Waals surface area contributed by atoms with Crippen LogP contribution in [0, 0.1) is 12.3 Å². The number of esters is 1. The molecule has 0 bridgehead atoms. The number of nitrogens with one attached hydrogen (secondary N) is 1. The zero-order valence-corrected chi connectivity index (χ0v) is 10.6. The van der Waals surface area contributed by atoms with Crippen molar-refractivity contribution in [3.8, 4) is 12.3 Å². The molecule has 7 heteroatoms. The van der Waals surface area contributed by atoms with Crippen molar-refractivity contribution in [2.75, 3.05) is 20.3 Å². The average molecular weight is 256 g/mol. The minimum Gasteiger partial charge on any atom is -0.464 e. The maximum atomic E-state index is 11.6. The zero-order valence-electron chi connectivity index (χ0n) is 10.6. The van der Waals surface area contributed by atoms with E-state index in [1.54, 1.807) is 6.92 Å². The van der Waals surface area contributed by atoms with Gasteiger partial charge in [0.15, 0.2) is 6.10 Å². The van der Waals surface area contributed by atoms with Gasteiger partial charge in [0.2, 0.25) is 0 Å². The van der Waals surface area contributed by atoms with E-state index in [0.29, 0.717) is 0 Å². The maximum absolute atomic E-state index is 11.6. The number of hydrogen-bond acceptors (Lipinski definition) is 6. The van der Waals surface area contributed by atoms with Crippen LogP contribution in [0.5, 0.6) is 0 Å². The first-order valence-corrected chi connectivity index (χ1v) is 5.16. The van der Waals surface area contributed by atoms with E-state index < -0.39 is 18.2 Å². The van der Waals surface area contributed by atoms with Crippen molar-refractivity contribution in [1.82, 2.24) is 5.43 Å². The molecule has 0 aromatic carbocycles. The average Bonchev–Trinajstić information content (AvgIpc) is 2.36. The number of amides is 1. The highest BCUT2D eigenvalue weighted by Gasteiger charge is 2.24. The molecule has 0 aliphatic heterocycles. The Balaban J connectivity index is 4.67. The fourth-order valence-electron chi connectivity index (χ4n) is 0.947. The molecule has 0 saturated heterocycles. The molecule has 0 aliphatic rings. The lowest BCUT2D eigenvalue weighted by molar-refractivity contribution is -0.151. The normalized spacial score (nSPS) is 12.2. The smallest absolute Gasteiger partial charge is 0.427 e. The minimum absolute atomic E-state index is 0.0748. The van der Waals surface area contributed by atoms with Crippen LogP contribution in [0.15, 0.2) is 5.10 Å².